The number of hydrogen-bond donors (Lipinski definition) is 1. The molecule has 0 bridgehead atoms. The number of amides is 1. The van der Waals surface area contributed by atoms with Crippen molar-refractivity contribution in [1.29, 1.82) is 0 Å². The van der Waals surface area contributed by atoms with Crippen LogP contribution < -0.4 is 10.1 Å². The predicted octanol–water partition coefficient (Wildman–Crippen LogP) is 3.63. The Labute approximate surface area is 241 Å². The average Bonchev–Trinajstić information content (AvgIpc) is 3.75. The molecule has 5 heterocycles. The van der Waals surface area contributed by atoms with Gasteiger partial charge in [-0.2, -0.15) is 5.10 Å². The van der Waals surface area contributed by atoms with Gasteiger partial charge < -0.3 is 19.9 Å². The maximum Gasteiger partial charge on any atom is 0.274 e. The van der Waals surface area contributed by atoms with Crippen LogP contribution in [0.2, 0.25) is 5.02 Å². The molecule has 1 amide bonds. The van der Waals surface area contributed by atoms with Crippen LogP contribution in [0.1, 0.15) is 29.4 Å². The third-order valence-corrected chi connectivity index (χ3v) is 7.89. The van der Waals surface area contributed by atoms with E-state index in [-0.39, 0.29) is 5.91 Å². The molecule has 0 radical (unpaired) electrons. The van der Waals surface area contributed by atoms with Crippen LogP contribution >= 0.6 is 11.6 Å². The molecule has 12 nitrogen and oxygen atoms in total. The number of rotatable bonds is 8. The van der Waals surface area contributed by atoms with Gasteiger partial charge in [0.25, 0.3) is 5.91 Å². The number of aromatic nitrogens is 7. The van der Waals surface area contributed by atoms with Crippen molar-refractivity contribution >= 4 is 45.1 Å². The molecule has 5 aromatic rings. The molecular formula is C28H31ClN10O2. The summed E-state index contributed by atoms with van der Waals surface area (Å²) in [5.41, 5.74) is 2.08. The molecular weight excluding hydrogens is 544 g/mol. The topological polar surface area (TPSA) is 119 Å². The maximum absolute atomic E-state index is 13.2. The number of aryl methyl sites for hydroxylation is 1. The molecule has 212 valence electrons. The lowest BCUT2D eigenvalue weighted by molar-refractivity contribution is 0.0778. The predicted molar refractivity (Wildman–Crippen MR) is 157 cm³/mol. The number of imidazole rings is 1. The summed E-state index contributed by atoms with van der Waals surface area (Å²) < 4.78 is 8.84. The maximum atomic E-state index is 13.2. The van der Waals surface area contributed by atoms with Crippen LogP contribution in [0.25, 0.3) is 27.6 Å². The average molecular weight is 575 g/mol. The molecule has 0 aliphatic carbocycles. The van der Waals surface area contributed by atoms with E-state index in [1.54, 1.807) is 36.6 Å². The van der Waals surface area contributed by atoms with Gasteiger partial charge in [-0.15, -0.1) is 10.2 Å². The third kappa shape index (κ3) is 4.93. The first-order valence-corrected chi connectivity index (χ1v) is 13.8. The number of methoxy groups -OCH3 is 1. The molecule has 1 fully saturated rings. The van der Waals surface area contributed by atoms with Gasteiger partial charge in [-0.05, 0) is 45.1 Å². The van der Waals surface area contributed by atoms with E-state index in [9.17, 15) is 4.79 Å². The van der Waals surface area contributed by atoms with E-state index >= 15 is 0 Å². The molecule has 0 unspecified atom stereocenters. The molecule has 1 N–H and O–H groups in total. The van der Waals surface area contributed by atoms with Gasteiger partial charge in [0.05, 0.1) is 23.7 Å². The molecule has 1 atom stereocenters. The Balaban J connectivity index is 1.36. The van der Waals surface area contributed by atoms with E-state index in [1.807, 2.05) is 48.8 Å². The number of anilines is 1. The number of nitrogens with one attached hydrogen (secondary N) is 1. The Morgan fingerprint density at radius 1 is 1.20 bits per heavy atom. The van der Waals surface area contributed by atoms with Crippen molar-refractivity contribution in [3.63, 3.8) is 0 Å². The first-order chi connectivity index (χ1) is 19.9. The van der Waals surface area contributed by atoms with Crippen molar-refractivity contribution in [3.8, 4) is 11.6 Å². The number of carbonyl (C=O) groups excluding carboxylic acids is 1. The summed E-state index contributed by atoms with van der Waals surface area (Å²) in [6, 6.07) is 5.98. The molecule has 1 aliphatic rings. The van der Waals surface area contributed by atoms with Crippen molar-refractivity contribution in [2.75, 3.05) is 39.6 Å². The largest absolute Gasteiger partial charge is 0.495 e. The lowest BCUT2D eigenvalue weighted by Gasteiger charge is -2.19. The number of carbonyl (C=O) groups is 1. The number of likely N-dealkylation sites (tertiary alicyclic amines) is 1. The Bertz CT molecular complexity index is 1750. The molecule has 1 aromatic carbocycles. The lowest BCUT2D eigenvalue weighted by Crippen LogP contribution is -2.34. The molecule has 1 saturated heterocycles. The highest BCUT2D eigenvalue weighted by Crippen LogP contribution is 2.32. The molecule has 13 heteroatoms. The van der Waals surface area contributed by atoms with E-state index in [2.05, 4.69) is 30.5 Å². The van der Waals surface area contributed by atoms with Crippen molar-refractivity contribution < 1.29 is 9.53 Å². The number of nitrogens with zero attached hydrogens (tertiary/aromatic N) is 9. The Hall–Kier alpha value is -4.29. The molecule has 0 saturated carbocycles. The van der Waals surface area contributed by atoms with Crippen LogP contribution in [-0.2, 0) is 13.1 Å². The van der Waals surface area contributed by atoms with E-state index in [1.165, 1.54) is 0 Å². The van der Waals surface area contributed by atoms with Gasteiger partial charge in [0.15, 0.2) is 17.3 Å². The van der Waals surface area contributed by atoms with E-state index in [0.29, 0.717) is 60.3 Å². The van der Waals surface area contributed by atoms with Gasteiger partial charge >= 0.3 is 0 Å². The minimum atomic E-state index is -0.0912. The van der Waals surface area contributed by atoms with Gasteiger partial charge in [0.1, 0.15) is 17.8 Å². The zero-order valence-electron chi connectivity index (χ0n) is 23.4. The second-order valence-electron chi connectivity index (χ2n) is 10.3. The van der Waals surface area contributed by atoms with Crippen molar-refractivity contribution in [3.05, 3.63) is 59.4 Å². The summed E-state index contributed by atoms with van der Waals surface area (Å²) in [5.74, 6) is 1.63. The minimum Gasteiger partial charge on any atom is -0.495 e. The quantitative estimate of drug-likeness (QED) is 0.296. The van der Waals surface area contributed by atoms with Crippen molar-refractivity contribution in [2.45, 2.75) is 32.5 Å². The summed E-state index contributed by atoms with van der Waals surface area (Å²) in [4.78, 5) is 26.4. The smallest absolute Gasteiger partial charge is 0.274 e. The second-order valence-corrected chi connectivity index (χ2v) is 10.7. The zero-order valence-corrected chi connectivity index (χ0v) is 24.1. The van der Waals surface area contributed by atoms with E-state index in [0.717, 1.165) is 33.8 Å². The summed E-state index contributed by atoms with van der Waals surface area (Å²) >= 11 is 6.34. The Kier molecular flexibility index (Phi) is 7.18. The number of fused-ring (bicyclic) bond motifs is 3. The standard InChI is InChI=1S/C28H31ClN10O2/c1-5-39-26-20(13-33-39)24-19(12-31-26)27(35-34-25(24)30-11-17-6-7-23(41-4)21(29)10-17)38-15-22(32-16-38)28(40)37-9-8-18(14-37)36(2)3/h6-7,10,12-13,15-16,18H,5,8-9,11,14H2,1-4H3,(H,30,34)/t18-/m0/s1. The fraction of sp³-hybridized carbons (Fsp3) is 0.357. The van der Waals surface area contributed by atoms with Gasteiger partial charge in [0, 0.05) is 55.4 Å². The fourth-order valence-corrected chi connectivity index (χ4v) is 5.54. The normalized spacial score (nSPS) is 15.4. The number of ether oxygens (including phenoxy) is 1. The first-order valence-electron chi connectivity index (χ1n) is 13.4. The Morgan fingerprint density at radius 3 is 2.78 bits per heavy atom. The highest BCUT2D eigenvalue weighted by molar-refractivity contribution is 6.32. The number of hydrogen-bond acceptors (Lipinski definition) is 9. The van der Waals surface area contributed by atoms with E-state index < -0.39 is 0 Å². The molecule has 4 aromatic heterocycles. The molecule has 41 heavy (non-hydrogen) atoms. The van der Waals surface area contributed by atoms with Crippen LogP contribution in [0.4, 0.5) is 5.82 Å². The summed E-state index contributed by atoms with van der Waals surface area (Å²) in [6.07, 6.45) is 7.82. The summed E-state index contributed by atoms with van der Waals surface area (Å²) in [6.45, 7) is 4.56. The van der Waals surface area contributed by atoms with Crippen LogP contribution in [-0.4, -0.2) is 90.6 Å². The van der Waals surface area contributed by atoms with Gasteiger partial charge in [-0.1, -0.05) is 17.7 Å². The number of halogens is 1. The van der Waals surface area contributed by atoms with E-state index in [4.69, 9.17) is 21.3 Å². The number of pyridine rings is 1. The highest BCUT2D eigenvalue weighted by atomic mass is 35.5. The SMILES string of the molecule is CCn1ncc2c3c(NCc4ccc(OC)c(Cl)c4)nnc(-n4cnc(C(=O)N5CC[C@H](N(C)C)C5)c4)c3cnc21. The molecule has 0 spiro atoms. The highest BCUT2D eigenvalue weighted by Gasteiger charge is 2.29. The molecule has 6 rings (SSSR count). The van der Waals surface area contributed by atoms with Crippen molar-refractivity contribution in [1.82, 2.24) is 44.3 Å². The molecule has 1 aliphatic heterocycles. The minimum absolute atomic E-state index is 0.0912. The lowest BCUT2D eigenvalue weighted by atomic mass is 10.1. The van der Waals surface area contributed by atoms with Crippen LogP contribution in [0.5, 0.6) is 5.75 Å². The first kappa shape index (κ1) is 26.9. The van der Waals surface area contributed by atoms with Gasteiger partial charge in [0.2, 0.25) is 0 Å². The van der Waals surface area contributed by atoms with Gasteiger partial charge in [-0.3, -0.25) is 9.36 Å². The van der Waals surface area contributed by atoms with Crippen LogP contribution in [0.3, 0.4) is 0 Å². The van der Waals surface area contributed by atoms with Crippen LogP contribution in [0, 0.1) is 0 Å². The fourth-order valence-electron chi connectivity index (χ4n) is 5.26. The second kappa shape index (κ2) is 10.9. The monoisotopic (exact) mass is 574 g/mol. The summed E-state index contributed by atoms with van der Waals surface area (Å²) in [5, 5.41) is 20.0. The number of likely N-dealkylation sites (N-methyl/N-ethyl adjacent to an activating group) is 1. The number of benzene rings is 1. The van der Waals surface area contributed by atoms with Crippen molar-refractivity contribution in [2.24, 2.45) is 0 Å². The van der Waals surface area contributed by atoms with Gasteiger partial charge in [-0.25, -0.2) is 14.6 Å². The zero-order chi connectivity index (χ0) is 28.7. The summed E-state index contributed by atoms with van der Waals surface area (Å²) in [7, 11) is 5.66. The van der Waals surface area contributed by atoms with Crippen LogP contribution in [0.15, 0.2) is 43.1 Å². The third-order valence-electron chi connectivity index (χ3n) is 7.59. The Morgan fingerprint density at radius 2 is 2.05 bits per heavy atom.